The summed E-state index contributed by atoms with van der Waals surface area (Å²) >= 11 is 0. The fourth-order valence-electron chi connectivity index (χ4n) is 2.79. The van der Waals surface area contributed by atoms with Gasteiger partial charge in [0.1, 0.15) is 0 Å². The maximum atomic E-state index is 9.36. The van der Waals surface area contributed by atoms with Gasteiger partial charge in [0, 0.05) is 18.9 Å². The molecule has 3 nitrogen and oxygen atoms in total. The molecule has 0 amide bonds. The van der Waals surface area contributed by atoms with Gasteiger partial charge in [-0.3, -0.25) is 4.68 Å². The molecule has 1 aliphatic rings. The zero-order valence-corrected chi connectivity index (χ0v) is 10.1. The smallest absolute Gasteiger partial charge is 0.0689 e. The first-order chi connectivity index (χ1) is 7.65. The van der Waals surface area contributed by atoms with Gasteiger partial charge in [0.15, 0.2) is 0 Å². The van der Waals surface area contributed by atoms with Crippen LogP contribution in [0.1, 0.15) is 38.3 Å². The molecule has 2 unspecified atom stereocenters. The maximum Gasteiger partial charge on any atom is 0.0689 e. The summed E-state index contributed by atoms with van der Waals surface area (Å²) in [5, 5.41) is 13.5. The molecule has 0 saturated heterocycles. The quantitative estimate of drug-likeness (QED) is 0.781. The summed E-state index contributed by atoms with van der Waals surface area (Å²) in [7, 11) is 1.96. The van der Waals surface area contributed by atoms with Gasteiger partial charge in [0.25, 0.3) is 0 Å². The van der Waals surface area contributed by atoms with Gasteiger partial charge in [0.2, 0.25) is 0 Å². The molecular weight excluding hydrogens is 198 g/mol. The molecule has 0 spiro atoms. The summed E-state index contributed by atoms with van der Waals surface area (Å²) in [6.45, 7) is 2.25. The minimum atomic E-state index is -0.0658. The first kappa shape index (κ1) is 11.2. The highest BCUT2D eigenvalue weighted by molar-refractivity contribution is 5.07. The van der Waals surface area contributed by atoms with Crippen molar-refractivity contribution in [3.05, 3.63) is 18.0 Å². The largest absolute Gasteiger partial charge is 0.273 e. The number of aromatic nitrogens is 2. The van der Waals surface area contributed by atoms with E-state index in [9.17, 15) is 5.26 Å². The number of aryl methyl sites for hydroxylation is 2. The second-order valence-electron chi connectivity index (χ2n) is 5.19. The average molecular weight is 217 g/mol. The van der Waals surface area contributed by atoms with Crippen molar-refractivity contribution in [2.45, 2.75) is 39.0 Å². The van der Waals surface area contributed by atoms with Crippen molar-refractivity contribution in [2.75, 3.05) is 0 Å². The molecule has 1 heterocycles. The lowest BCUT2D eigenvalue weighted by atomic mass is 9.82. The van der Waals surface area contributed by atoms with Gasteiger partial charge in [-0.1, -0.05) is 6.92 Å². The van der Waals surface area contributed by atoms with E-state index in [-0.39, 0.29) is 5.41 Å². The van der Waals surface area contributed by atoms with E-state index in [4.69, 9.17) is 0 Å². The standard InChI is InChI=1S/C13H19N3/c1-11-3-6-13(9-11,10-14)7-4-12-5-8-15-16(12)2/h5,8,11H,3-4,6-7,9H2,1-2H3. The normalized spacial score (nSPS) is 29.2. The van der Waals surface area contributed by atoms with E-state index in [0.29, 0.717) is 5.92 Å². The molecule has 1 aliphatic carbocycles. The van der Waals surface area contributed by atoms with Crippen LogP contribution in [-0.4, -0.2) is 9.78 Å². The van der Waals surface area contributed by atoms with E-state index in [2.05, 4.69) is 18.1 Å². The molecular formula is C13H19N3. The van der Waals surface area contributed by atoms with Gasteiger partial charge in [-0.15, -0.1) is 0 Å². The van der Waals surface area contributed by atoms with Crippen LogP contribution in [0.4, 0.5) is 0 Å². The number of hydrogen-bond donors (Lipinski definition) is 0. The van der Waals surface area contributed by atoms with Crippen molar-refractivity contribution in [1.82, 2.24) is 9.78 Å². The van der Waals surface area contributed by atoms with E-state index < -0.39 is 0 Å². The van der Waals surface area contributed by atoms with Crippen LogP contribution in [0.15, 0.2) is 12.3 Å². The van der Waals surface area contributed by atoms with Gasteiger partial charge in [-0.25, -0.2) is 0 Å². The molecule has 86 valence electrons. The van der Waals surface area contributed by atoms with Crippen molar-refractivity contribution in [3.8, 4) is 6.07 Å². The summed E-state index contributed by atoms with van der Waals surface area (Å²) in [5.74, 6) is 0.714. The Morgan fingerprint density at radius 2 is 2.50 bits per heavy atom. The topological polar surface area (TPSA) is 41.6 Å². The monoisotopic (exact) mass is 217 g/mol. The Kier molecular flexibility index (Phi) is 3.00. The number of hydrogen-bond acceptors (Lipinski definition) is 2. The van der Waals surface area contributed by atoms with Gasteiger partial charge < -0.3 is 0 Å². The van der Waals surface area contributed by atoms with Gasteiger partial charge in [-0.05, 0) is 44.1 Å². The molecule has 1 aromatic heterocycles. The number of nitriles is 1. The van der Waals surface area contributed by atoms with Gasteiger partial charge in [-0.2, -0.15) is 10.4 Å². The zero-order valence-electron chi connectivity index (χ0n) is 10.1. The Balaban J connectivity index is 1.99. The van der Waals surface area contributed by atoms with E-state index in [0.717, 1.165) is 25.7 Å². The fraction of sp³-hybridized carbons (Fsp3) is 0.692. The molecule has 0 radical (unpaired) electrons. The van der Waals surface area contributed by atoms with E-state index in [1.165, 1.54) is 12.1 Å². The minimum absolute atomic E-state index is 0.0658. The van der Waals surface area contributed by atoms with Crippen LogP contribution in [0.5, 0.6) is 0 Å². The van der Waals surface area contributed by atoms with Gasteiger partial charge in [0.05, 0.1) is 11.5 Å². The molecule has 3 heteroatoms. The first-order valence-electron chi connectivity index (χ1n) is 6.03. The lowest BCUT2D eigenvalue weighted by molar-refractivity contribution is 0.359. The zero-order chi connectivity index (χ0) is 11.6. The van der Waals surface area contributed by atoms with E-state index in [1.54, 1.807) is 0 Å². The molecule has 16 heavy (non-hydrogen) atoms. The van der Waals surface area contributed by atoms with Crippen molar-refractivity contribution < 1.29 is 0 Å². The third kappa shape index (κ3) is 2.11. The Morgan fingerprint density at radius 3 is 3.00 bits per heavy atom. The molecule has 1 aromatic rings. The Morgan fingerprint density at radius 1 is 1.69 bits per heavy atom. The Labute approximate surface area is 97.1 Å². The summed E-state index contributed by atoms with van der Waals surface area (Å²) in [6, 6.07) is 4.61. The van der Waals surface area contributed by atoms with Crippen LogP contribution in [0, 0.1) is 22.7 Å². The van der Waals surface area contributed by atoms with Crippen LogP contribution in [0.3, 0.4) is 0 Å². The van der Waals surface area contributed by atoms with E-state index >= 15 is 0 Å². The Bertz CT molecular complexity index is 402. The van der Waals surface area contributed by atoms with Crippen molar-refractivity contribution >= 4 is 0 Å². The summed E-state index contributed by atoms with van der Waals surface area (Å²) in [4.78, 5) is 0. The van der Waals surface area contributed by atoms with Crippen molar-refractivity contribution in [1.29, 1.82) is 5.26 Å². The Hall–Kier alpha value is -1.30. The summed E-state index contributed by atoms with van der Waals surface area (Å²) in [6.07, 6.45) is 7.12. The third-order valence-corrected chi connectivity index (χ3v) is 3.87. The molecule has 1 saturated carbocycles. The summed E-state index contributed by atoms with van der Waals surface area (Å²) < 4.78 is 1.91. The molecule has 2 atom stereocenters. The SMILES string of the molecule is CC1CCC(C#N)(CCc2ccnn2C)C1. The second-order valence-corrected chi connectivity index (χ2v) is 5.19. The number of rotatable bonds is 3. The molecule has 0 aromatic carbocycles. The highest BCUT2D eigenvalue weighted by Crippen LogP contribution is 2.44. The van der Waals surface area contributed by atoms with E-state index in [1.807, 2.05) is 24.0 Å². The highest BCUT2D eigenvalue weighted by Gasteiger charge is 2.37. The van der Waals surface area contributed by atoms with Crippen molar-refractivity contribution in [2.24, 2.45) is 18.4 Å². The summed E-state index contributed by atoms with van der Waals surface area (Å²) in [5.41, 5.74) is 1.16. The minimum Gasteiger partial charge on any atom is -0.273 e. The highest BCUT2D eigenvalue weighted by atomic mass is 15.2. The van der Waals surface area contributed by atoms with Crippen LogP contribution < -0.4 is 0 Å². The van der Waals surface area contributed by atoms with Crippen LogP contribution in [0.25, 0.3) is 0 Å². The van der Waals surface area contributed by atoms with Crippen LogP contribution >= 0.6 is 0 Å². The van der Waals surface area contributed by atoms with Crippen LogP contribution in [0.2, 0.25) is 0 Å². The molecule has 0 N–H and O–H groups in total. The maximum absolute atomic E-state index is 9.36. The first-order valence-corrected chi connectivity index (χ1v) is 6.03. The molecule has 2 rings (SSSR count). The lowest BCUT2D eigenvalue weighted by Gasteiger charge is -2.20. The average Bonchev–Trinajstić information content (AvgIpc) is 2.83. The predicted octanol–water partition coefficient (Wildman–Crippen LogP) is 2.68. The van der Waals surface area contributed by atoms with Gasteiger partial charge >= 0.3 is 0 Å². The second kappa shape index (κ2) is 4.29. The number of nitrogens with zero attached hydrogens (tertiary/aromatic N) is 3. The predicted molar refractivity (Wildman–Crippen MR) is 62.6 cm³/mol. The fourth-order valence-corrected chi connectivity index (χ4v) is 2.79. The molecule has 0 bridgehead atoms. The molecule has 1 fully saturated rings. The lowest BCUT2D eigenvalue weighted by Crippen LogP contribution is -2.16. The third-order valence-electron chi connectivity index (χ3n) is 3.87. The molecule has 0 aliphatic heterocycles. The van der Waals surface area contributed by atoms with Crippen LogP contribution in [-0.2, 0) is 13.5 Å². The van der Waals surface area contributed by atoms with Crippen molar-refractivity contribution in [3.63, 3.8) is 0 Å².